The van der Waals surface area contributed by atoms with Crippen LogP contribution in [0.2, 0.25) is 0 Å². The number of amides is 1. The van der Waals surface area contributed by atoms with Crippen LogP contribution < -0.4 is 10.6 Å². The van der Waals surface area contributed by atoms with Crippen LogP contribution in [0.15, 0.2) is 24.3 Å². The topological polar surface area (TPSA) is 66.9 Å². The highest BCUT2D eigenvalue weighted by atomic mass is 16.2. The molecule has 0 radical (unpaired) electrons. The lowest BCUT2D eigenvalue weighted by molar-refractivity contribution is -0.124. The molecule has 2 aliphatic rings. The highest BCUT2D eigenvalue weighted by molar-refractivity contribution is 5.86. The first-order valence-corrected chi connectivity index (χ1v) is 8.24. The van der Waals surface area contributed by atoms with Crippen molar-refractivity contribution in [3.63, 3.8) is 0 Å². The minimum Gasteiger partial charge on any atom is -0.345 e. The molecule has 1 aromatic heterocycles. The lowest BCUT2D eigenvalue weighted by Gasteiger charge is -2.27. The standard InChI is InChI=1S/C18H22N4O.2H2/c1-10-20-14-7-5-4-6-11(14)16(21-10)18(2,3)22-17(23)15-12-8-19-9-13(12)15;;/h4-7,12-13,15,19H,8-9H2,1-3H3,(H,22,23);2*1H/t12-,13+,15?;;. The average molecular weight is 314 g/mol. The fourth-order valence-electron chi connectivity index (χ4n) is 3.93. The minimum absolute atomic E-state index is 0. The Kier molecular flexibility index (Phi) is 3.17. The molecule has 2 fully saturated rings. The highest BCUT2D eigenvalue weighted by Gasteiger charge is 2.57. The highest BCUT2D eigenvalue weighted by Crippen LogP contribution is 2.49. The summed E-state index contributed by atoms with van der Waals surface area (Å²) in [6.07, 6.45) is 0. The molecule has 1 aliphatic carbocycles. The van der Waals surface area contributed by atoms with Crippen molar-refractivity contribution in [2.45, 2.75) is 26.3 Å². The quantitative estimate of drug-likeness (QED) is 0.912. The van der Waals surface area contributed by atoms with Gasteiger partial charge in [0.1, 0.15) is 5.82 Å². The van der Waals surface area contributed by atoms with E-state index in [0.29, 0.717) is 11.8 Å². The number of carbonyl (C=O) groups excluding carboxylic acids is 1. The molecule has 1 amide bonds. The maximum atomic E-state index is 12.6. The van der Waals surface area contributed by atoms with Crippen LogP contribution in [0, 0.1) is 24.7 Å². The van der Waals surface area contributed by atoms with Crippen LogP contribution in [0.3, 0.4) is 0 Å². The summed E-state index contributed by atoms with van der Waals surface area (Å²) in [7, 11) is 0. The van der Waals surface area contributed by atoms with Crippen molar-refractivity contribution in [3.8, 4) is 0 Å². The van der Waals surface area contributed by atoms with Gasteiger partial charge in [0.05, 0.1) is 16.7 Å². The van der Waals surface area contributed by atoms with E-state index in [1.54, 1.807) is 0 Å². The molecule has 3 atom stereocenters. The number of nitrogens with one attached hydrogen (secondary N) is 2. The summed E-state index contributed by atoms with van der Waals surface area (Å²) in [5, 5.41) is 7.56. The first-order valence-electron chi connectivity index (χ1n) is 8.24. The Bertz CT molecular complexity index is 786. The van der Waals surface area contributed by atoms with Gasteiger partial charge in [-0.25, -0.2) is 9.97 Å². The van der Waals surface area contributed by atoms with E-state index in [9.17, 15) is 4.79 Å². The van der Waals surface area contributed by atoms with Gasteiger partial charge in [-0.1, -0.05) is 18.2 Å². The Balaban J connectivity index is 0.00000113. The predicted molar refractivity (Wildman–Crippen MR) is 93.0 cm³/mol. The number of aromatic nitrogens is 2. The molecule has 5 heteroatoms. The van der Waals surface area contributed by atoms with E-state index >= 15 is 0 Å². The second-order valence-corrected chi connectivity index (χ2v) is 7.26. The first-order chi connectivity index (χ1) is 11.0. The number of piperidine rings is 1. The Morgan fingerprint density at radius 2 is 1.96 bits per heavy atom. The van der Waals surface area contributed by atoms with Gasteiger partial charge in [-0.2, -0.15) is 0 Å². The molecule has 1 unspecified atom stereocenters. The number of fused-ring (bicyclic) bond motifs is 2. The minimum atomic E-state index is -0.519. The third kappa shape index (κ3) is 2.39. The van der Waals surface area contributed by atoms with Crippen molar-refractivity contribution in [1.29, 1.82) is 0 Å². The van der Waals surface area contributed by atoms with Crippen molar-refractivity contribution < 1.29 is 7.65 Å². The third-order valence-electron chi connectivity index (χ3n) is 5.14. The second-order valence-electron chi connectivity index (χ2n) is 7.26. The Morgan fingerprint density at radius 1 is 1.26 bits per heavy atom. The lowest BCUT2D eigenvalue weighted by Crippen LogP contribution is -2.44. The molecule has 1 saturated carbocycles. The van der Waals surface area contributed by atoms with Gasteiger partial charge in [0.25, 0.3) is 0 Å². The number of carbonyl (C=O) groups is 1. The predicted octanol–water partition coefficient (Wildman–Crippen LogP) is 2.25. The Hall–Kier alpha value is -2.01. The van der Waals surface area contributed by atoms with Gasteiger partial charge >= 0.3 is 0 Å². The summed E-state index contributed by atoms with van der Waals surface area (Å²) in [6.45, 7) is 7.88. The Morgan fingerprint density at radius 3 is 2.70 bits per heavy atom. The Labute approximate surface area is 138 Å². The van der Waals surface area contributed by atoms with Gasteiger partial charge in [-0.05, 0) is 51.8 Å². The van der Waals surface area contributed by atoms with Crippen molar-refractivity contribution in [2.75, 3.05) is 13.1 Å². The fourth-order valence-corrected chi connectivity index (χ4v) is 3.93. The number of hydrogen-bond donors (Lipinski definition) is 2. The molecule has 0 bridgehead atoms. The first kappa shape index (κ1) is 14.6. The smallest absolute Gasteiger partial charge is 0.224 e. The summed E-state index contributed by atoms with van der Waals surface area (Å²) in [5.74, 6) is 2.11. The zero-order valence-corrected chi connectivity index (χ0v) is 13.8. The number of nitrogens with zero attached hydrogens (tertiary/aromatic N) is 2. The molecule has 124 valence electrons. The van der Waals surface area contributed by atoms with Crippen LogP contribution >= 0.6 is 0 Å². The molecular weight excluding hydrogens is 288 g/mol. The average Bonchev–Trinajstić information content (AvgIpc) is 2.99. The SMILES string of the molecule is Cc1nc(C(C)(C)NC(=O)C2[C@H]3CNC[C@@H]23)c2ccccc2n1.[HH].[HH]. The summed E-state index contributed by atoms with van der Waals surface area (Å²) < 4.78 is 0. The van der Waals surface area contributed by atoms with Crippen LogP contribution in [-0.4, -0.2) is 29.0 Å². The molecular formula is C18H26N4O. The summed E-state index contributed by atoms with van der Waals surface area (Å²) >= 11 is 0. The molecule has 2 heterocycles. The van der Waals surface area contributed by atoms with Gasteiger partial charge in [0.2, 0.25) is 5.91 Å². The molecule has 5 nitrogen and oxygen atoms in total. The second kappa shape index (κ2) is 4.99. The largest absolute Gasteiger partial charge is 0.345 e. The maximum absolute atomic E-state index is 12.6. The zero-order chi connectivity index (χ0) is 16.2. The van der Waals surface area contributed by atoms with Gasteiger partial charge < -0.3 is 10.6 Å². The van der Waals surface area contributed by atoms with Crippen LogP contribution in [-0.2, 0) is 10.3 Å². The van der Waals surface area contributed by atoms with Crippen molar-refractivity contribution in [3.05, 3.63) is 35.8 Å². The molecule has 2 N–H and O–H groups in total. The van der Waals surface area contributed by atoms with E-state index in [2.05, 4.69) is 20.6 Å². The lowest BCUT2D eigenvalue weighted by atomic mass is 9.95. The van der Waals surface area contributed by atoms with E-state index in [-0.39, 0.29) is 14.7 Å². The molecule has 1 saturated heterocycles. The molecule has 23 heavy (non-hydrogen) atoms. The van der Waals surface area contributed by atoms with Gasteiger partial charge in [0, 0.05) is 14.2 Å². The van der Waals surface area contributed by atoms with Crippen molar-refractivity contribution in [2.24, 2.45) is 17.8 Å². The van der Waals surface area contributed by atoms with Crippen molar-refractivity contribution in [1.82, 2.24) is 20.6 Å². The number of para-hydroxylation sites is 1. The normalized spacial score (nSPS) is 26.1. The fraction of sp³-hybridized carbons (Fsp3) is 0.500. The molecule has 1 aromatic carbocycles. The molecule has 0 spiro atoms. The van der Waals surface area contributed by atoms with Crippen LogP contribution in [0.5, 0.6) is 0 Å². The maximum Gasteiger partial charge on any atom is 0.224 e. The number of rotatable bonds is 3. The number of aryl methyl sites for hydroxylation is 1. The number of hydrogen-bond acceptors (Lipinski definition) is 4. The van der Waals surface area contributed by atoms with E-state index in [1.807, 2.05) is 45.0 Å². The van der Waals surface area contributed by atoms with E-state index in [4.69, 9.17) is 0 Å². The van der Waals surface area contributed by atoms with Gasteiger partial charge in [0.15, 0.2) is 0 Å². The zero-order valence-electron chi connectivity index (χ0n) is 13.8. The van der Waals surface area contributed by atoms with E-state index in [0.717, 1.165) is 35.5 Å². The molecule has 2 aromatic rings. The summed E-state index contributed by atoms with van der Waals surface area (Å²) in [5.41, 5.74) is 1.29. The molecule has 4 rings (SSSR count). The third-order valence-corrected chi connectivity index (χ3v) is 5.14. The van der Waals surface area contributed by atoms with Gasteiger partial charge in [-0.3, -0.25) is 4.79 Å². The summed E-state index contributed by atoms with van der Waals surface area (Å²) in [6, 6.07) is 7.97. The number of benzene rings is 1. The summed E-state index contributed by atoms with van der Waals surface area (Å²) in [4.78, 5) is 21.8. The van der Waals surface area contributed by atoms with Crippen LogP contribution in [0.4, 0.5) is 0 Å². The monoisotopic (exact) mass is 314 g/mol. The molecule has 1 aliphatic heterocycles. The van der Waals surface area contributed by atoms with E-state index < -0.39 is 5.54 Å². The van der Waals surface area contributed by atoms with Crippen LogP contribution in [0.1, 0.15) is 28.2 Å². The van der Waals surface area contributed by atoms with Crippen molar-refractivity contribution >= 4 is 16.8 Å². The van der Waals surface area contributed by atoms with Gasteiger partial charge in [-0.15, -0.1) is 0 Å². The van der Waals surface area contributed by atoms with Crippen LogP contribution in [0.25, 0.3) is 10.9 Å². The van der Waals surface area contributed by atoms with E-state index in [1.165, 1.54) is 0 Å².